The molecule has 2 aromatic heterocycles. The molecule has 0 saturated carbocycles. The number of carboxylic acid groups (broad SMARTS) is 2. The van der Waals surface area contributed by atoms with Crippen LogP contribution in [0.15, 0.2) is 33.8 Å². The predicted octanol–water partition coefficient (Wildman–Crippen LogP) is 0.0736. The van der Waals surface area contributed by atoms with Gasteiger partial charge in [-0.3, -0.25) is 14.5 Å². The van der Waals surface area contributed by atoms with Gasteiger partial charge in [0.05, 0.1) is 24.5 Å². The fourth-order valence-corrected chi connectivity index (χ4v) is 7.13. The van der Waals surface area contributed by atoms with Crippen LogP contribution in [-0.2, 0) is 31.1 Å². The standard InChI is InChI=1S/C24H29N9O7S3/c1-5-27-13-6-12(25)29-23(32(13)4)42-9-10-8-41-19-15(18(35)33(19)16(10)20(36)37)30-17(34)14(11-7-28-22(26)43-11)31-40-24(2,3)21(38)39/h6-7,15,19H,5,8-9H2,1-4H3,(H7,25,26,27,28,30,31,34,36,37,38,39)/p+1. The topological polar surface area (TPSA) is 239 Å². The number of hydrogen-bond donors (Lipinski definition) is 6. The molecule has 8 N–H and O–H groups in total. The zero-order valence-corrected chi connectivity index (χ0v) is 25.9. The van der Waals surface area contributed by atoms with Gasteiger partial charge in [-0.2, -0.15) is 0 Å². The van der Waals surface area contributed by atoms with Gasteiger partial charge in [-0.05, 0) is 38.1 Å². The highest BCUT2D eigenvalue weighted by Gasteiger charge is 2.54. The fraction of sp³-hybridized carbons (Fsp3) is 0.417. The minimum Gasteiger partial charge on any atom is -0.478 e. The average molecular weight is 653 g/mol. The van der Waals surface area contributed by atoms with Crippen LogP contribution in [0.3, 0.4) is 0 Å². The van der Waals surface area contributed by atoms with E-state index in [1.165, 1.54) is 43.6 Å². The molecule has 16 nitrogen and oxygen atoms in total. The maximum absolute atomic E-state index is 13.3. The summed E-state index contributed by atoms with van der Waals surface area (Å²) in [5.74, 6) is -2.49. The van der Waals surface area contributed by atoms with Crippen molar-refractivity contribution in [3.8, 4) is 0 Å². The largest absolute Gasteiger partial charge is 0.478 e. The number of fused-ring (bicyclic) bond motifs is 1. The van der Waals surface area contributed by atoms with Crippen LogP contribution in [0.2, 0.25) is 0 Å². The number of rotatable bonds is 12. The second-order valence-electron chi connectivity index (χ2n) is 9.75. The number of thiazole rings is 1. The second kappa shape index (κ2) is 12.6. The van der Waals surface area contributed by atoms with E-state index < -0.39 is 40.8 Å². The average Bonchev–Trinajstić information content (AvgIpc) is 3.37. The molecule has 0 aliphatic carbocycles. The smallest absolute Gasteiger partial charge is 0.352 e. The maximum atomic E-state index is 13.3. The Bertz CT molecular complexity index is 1540. The Balaban J connectivity index is 1.53. The number of nitrogens with zero attached hydrogens (tertiary/aromatic N) is 5. The van der Waals surface area contributed by atoms with Crippen molar-refractivity contribution in [2.45, 2.75) is 42.9 Å². The van der Waals surface area contributed by atoms with Crippen LogP contribution in [0.25, 0.3) is 0 Å². The van der Waals surface area contributed by atoms with E-state index in [1.54, 1.807) is 6.07 Å². The number of oxime groups is 1. The third-order valence-corrected chi connectivity index (χ3v) is 9.57. The molecule has 1 fully saturated rings. The lowest BCUT2D eigenvalue weighted by atomic mass is 10.0. The van der Waals surface area contributed by atoms with Crippen LogP contribution >= 0.6 is 34.9 Å². The molecule has 0 spiro atoms. The molecule has 4 heterocycles. The zero-order valence-electron chi connectivity index (χ0n) is 23.5. The van der Waals surface area contributed by atoms with Crippen LogP contribution in [0, 0.1) is 0 Å². The molecule has 2 aliphatic rings. The summed E-state index contributed by atoms with van der Waals surface area (Å²) in [6, 6.07) is 0.628. The number of nitrogen functional groups attached to an aromatic ring is 2. The van der Waals surface area contributed by atoms with Crippen molar-refractivity contribution in [2.24, 2.45) is 12.2 Å². The van der Waals surface area contributed by atoms with Crippen LogP contribution in [0.5, 0.6) is 0 Å². The van der Waals surface area contributed by atoms with E-state index in [1.807, 2.05) is 18.5 Å². The molecule has 2 amide bonds. The fourth-order valence-electron chi connectivity index (χ4n) is 3.99. The Morgan fingerprint density at radius 2 is 2.05 bits per heavy atom. The minimum atomic E-state index is -1.76. The lowest BCUT2D eigenvalue weighted by molar-refractivity contribution is -0.699. The molecular weight excluding hydrogens is 623 g/mol. The van der Waals surface area contributed by atoms with E-state index in [-0.39, 0.29) is 32.9 Å². The van der Waals surface area contributed by atoms with Gasteiger partial charge in [0, 0.05) is 17.7 Å². The number of nitrogens with one attached hydrogen (secondary N) is 2. The normalized spacial score (nSPS) is 18.6. The van der Waals surface area contributed by atoms with Crippen molar-refractivity contribution >= 4 is 81.1 Å². The second-order valence-corrected chi connectivity index (χ2v) is 12.9. The van der Waals surface area contributed by atoms with Gasteiger partial charge in [0.2, 0.25) is 17.2 Å². The number of aromatic nitrogens is 3. The maximum Gasteiger partial charge on any atom is 0.352 e. The summed E-state index contributed by atoms with van der Waals surface area (Å²) in [7, 11) is 1.81. The van der Waals surface area contributed by atoms with Crippen LogP contribution in [0.1, 0.15) is 25.6 Å². The summed E-state index contributed by atoms with van der Waals surface area (Å²) < 4.78 is 1.81. The number of anilines is 3. The van der Waals surface area contributed by atoms with E-state index >= 15 is 0 Å². The first-order chi connectivity index (χ1) is 20.2. The molecule has 0 aromatic carbocycles. The van der Waals surface area contributed by atoms with Crippen LogP contribution in [0.4, 0.5) is 16.8 Å². The number of hydrogen-bond acceptors (Lipinski definition) is 14. The highest BCUT2D eigenvalue weighted by Crippen LogP contribution is 2.41. The summed E-state index contributed by atoms with van der Waals surface area (Å²) >= 11 is 3.49. The van der Waals surface area contributed by atoms with Gasteiger partial charge in [-0.25, -0.2) is 19.1 Å². The minimum absolute atomic E-state index is 0.128. The molecule has 2 aliphatic heterocycles. The molecule has 0 radical (unpaired) electrons. The summed E-state index contributed by atoms with van der Waals surface area (Å²) in [5, 5.41) is 28.9. The number of carbonyl (C=O) groups is 4. The van der Waals surface area contributed by atoms with Crippen molar-refractivity contribution in [1.29, 1.82) is 0 Å². The molecule has 230 valence electrons. The lowest BCUT2D eigenvalue weighted by Gasteiger charge is -2.49. The molecule has 2 unspecified atom stereocenters. The van der Waals surface area contributed by atoms with Gasteiger partial charge in [-0.1, -0.05) is 21.5 Å². The van der Waals surface area contributed by atoms with Crippen molar-refractivity contribution in [2.75, 3.05) is 34.8 Å². The van der Waals surface area contributed by atoms with E-state index in [0.29, 0.717) is 23.1 Å². The number of β-lactam (4-membered cyclic amide) rings is 1. The SMILES string of the molecule is CCNc1cc(N)nc(SCC2=C(C(=O)O)N3C(=O)C(NC(=O)/C(=N\OC(C)(C)C(=O)O)c4cnc(N)s4)C3SC2)[n+]1C. The van der Waals surface area contributed by atoms with Gasteiger partial charge in [0.15, 0.2) is 10.8 Å². The Morgan fingerprint density at radius 1 is 1.33 bits per heavy atom. The Morgan fingerprint density at radius 3 is 2.65 bits per heavy atom. The van der Waals surface area contributed by atoms with Crippen molar-refractivity contribution in [1.82, 2.24) is 20.2 Å². The number of amides is 2. The number of nitrogens with two attached hydrogens (primary N) is 2. The van der Waals surface area contributed by atoms with Gasteiger partial charge in [0.1, 0.15) is 17.1 Å². The molecule has 2 atom stereocenters. The summed E-state index contributed by atoms with van der Waals surface area (Å²) in [6.07, 6.45) is 1.27. The van der Waals surface area contributed by atoms with E-state index in [4.69, 9.17) is 16.3 Å². The molecule has 2 aromatic rings. The van der Waals surface area contributed by atoms with Crippen LogP contribution in [-0.4, -0.2) is 89.6 Å². The molecule has 0 bridgehead atoms. The Labute approximate surface area is 257 Å². The van der Waals surface area contributed by atoms with E-state index in [0.717, 1.165) is 22.1 Å². The van der Waals surface area contributed by atoms with E-state index in [2.05, 4.69) is 25.8 Å². The molecule has 43 heavy (non-hydrogen) atoms. The van der Waals surface area contributed by atoms with Gasteiger partial charge >= 0.3 is 17.1 Å². The van der Waals surface area contributed by atoms with E-state index in [9.17, 15) is 29.4 Å². The first-order valence-electron chi connectivity index (χ1n) is 12.7. The molecular formula is C24H30N9O7S3+. The Kier molecular flexibility index (Phi) is 9.35. The number of thioether (sulfide) groups is 2. The first kappa shape index (κ1) is 31.8. The number of carboxylic acids is 2. The highest BCUT2D eigenvalue weighted by molar-refractivity contribution is 8.01. The first-order valence-corrected chi connectivity index (χ1v) is 15.6. The lowest BCUT2D eigenvalue weighted by Crippen LogP contribution is -2.71. The third-order valence-electron chi connectivity index (χ3n) is 6.28. The molecule has 19 heteroatoms. The Hall–Kier alpha value is -4.10. The molecule has 1 saturated heterocycles. The quantitative estimate of drug-likeness (QED) is 0.0444. The third kappa shape index (κ3) is 6.62. The molecule has 4 rings (SSSR count). The zero-order chi connectivity index (χ0) is 31.6. The summed E-state index contributed by atoms with van der Waals surface area (Å²) in [5.41, 5.74) is 9.92. The summed E-state index contributed by atoms with van der Waals surface area (Å²) in [6.45, 7) is 5.11. The van der Waals surface area contributed by atoms with Gasteiger partial charge in [0.25, 0.3) is 11.8 Å². The number of carbonyl (C=O) groups excluding carboxylic acids is 2. The van der Waals surface area contributed by atoms with Crippen molar-refractivity contribution in [3.05, 3.63) is 28.4 Å². The predicted molar refractivity (Wildman–Crippen MR) is 160 cm³/mol. The van der Waals surface area contributed by atoms with Crippen molar-refractivity contribution < 1.29 is 38.8 Å². The highest BCUT2D eigenvalue weighted by atomic mass is 32.2. The number of aliphatic carboxylic acids is 2. The monoisotopic (exact) mass is 652 g/mol. The van der Waals surface area contributed by atoms with Crippen LogP contribution < -0.4 is 26.7 Å². The van der Waals surface area contributed by atoms with Crippen molar-refractivity contribution in [3.63, 3.8) is 0 Å². The summed E-state index contributed by atoms with van der Waals surface area (Å²) in [4.78, 5) is 65.0. The van der Waals surface area contributed by atoms with Gasteiger partial charge < -0.3 is 37.2 Å². The van der Waals surface area contributed by atoms with Gasteiger partial charge in [-0.15, -0.1) is 11.8 Å².